The molecular weight excluding hydrogens is 322 g/mol. The van der Waals surface area contributed by atoms with E-state index in [0.717, 1.165) is 49.6 Å². The van der Waals surface area contributed by atoms with Crippen molar-refractivity contribution < 1.29 is 9.67 Å². The average molecular weight is 353 g/mol. The number of aryl methyl sites for hydroxylation is 4. The molecule has 4 heteroatoms. The third-order valence-corrected chi connectivity index (χ3v) is 5.02. The molecule has 2 heterocycles. The van der Waals surface area contributed by atoms with E-state index in [1.165, 1.54) is 22.3 Å². The molecule has 0 fully saturated rings. The van der Waals surface area contributed by atoms with Crippen LogP contribution < -0.4 is 9.67 Å². The molecule has 26 heavy (non-hydrogen) atoms. The number of hydrogen-bond donors (Lipinski definition) is 0. The van der Waals surface area contributed by atoms with Crippen molar-refractivity contribution in [3.63, 3.8) is 0 Å². The van der Waals surface area contributed by atoms with Crippen LogP contribution in [-0.2, 0) is 13.0 Å². The third-order valence-electron chi connectivity index (χ3n) is 5.02. The number of aromatic nitrogens is 3. The minimum absolute atomic E-state index is 0.201. The van der Waals surface area contributed by atoms with Crippen molar-refractivity contribution in [2.45, 2.75) is 73.3 Å². The van der Waals surface area contributed by atoms with Gasteiger partial charge in [0.2, 0.25) is 5.82 Å². The molecule has 0 atom stereocenters. The van der Waals surface area contributed by atoms with E-state index in [-0.39, 0.29) is 6.10 Å². The number of benzene rings is 1. The second-order valence-electron chi connectivity index (χ2n) is 7.75. The molecule has 1 aliphatic rings. The van der Waals surface area contributed by atoms with Gasteiger partial charge in [-0.3, -0.25) is 0 Å². The Balaban J connectivity index is 1.96. The summed E-state index contributed by atoms with van der Waals surface area (Å²) in [5, 5.41) is 17.9. The van der Waals surface area contributed by atoms with Crippen LogP contribution in [-0.4, -0.2) is 9.78 Å². The Morgan fingerprint density at radius 3 is 2.58 bits per heavy atom. The molecule has 0 aliphatic carbocycles. The van der Waals surface area contributed by atoms with Crippen LogP contribution in [0.2, 0.25) is 0 Å². The fourth-order valence-electron chi connectivity index (χ4n) is 3.96. The summed E-state index contributed by atoms with van der Waals surface area (Å²) in [6, 6.07) is 4.34. The molecule has 1 aromatic heterocycles. The highest BCUT2D eigenvalue weighted by atomic mass is 16.3. The predicted octanol–water partition coefficient (Wildman–Crippen LogP) is 3.41. The molecule has 4 nitrogen and oxygen atoms in total. The minimum atomic E-state index is 0.201. The zero-order chi connectivity index (χ0) is 18.8. The normalized spacial score (nSPS) is 13.3. The topological polar surface area (TPSA) is 44.8 Å². The maximum Gasteiger partial charge on any atom is 0.278 e. The van der Waals surface area contributed by atoms with Gasteiger partial charge in [0.1, 0.15) is 5.69 Å². The molecule has 0 spiro atoms. The van der Waals surface area contributed by atoms with E-state index in [9.17, 15) is 5.11 Å². The number of fused-ring (bicyclic) bond motifs is 1. The van der Waals surface area contributed by atoms with Gasteiger partial charge in [0, 0.05) is 11.5 Å². The largest absolute Gasteiger partial charge is 0.842 e. The maximum atomic E-state index is 13.1. The molecule has 1 aromatic carbocycles. The maximum absolute atomic E-state index is 13.1. The number of hydrogen-bond acceptors (Lipinski definition) is 2. The van der Waals surface area contributed by atoms with Crippen molar-refractivity contribution in [3.05, 3.63) is 58.2 Å². The molecule has 1 aliphatic heterocycles. The zero-order valence-electron chi connectivity index (χ0n) is 16.7. The second-order valence-corrected chi connectivity index (χ2v) is 7.75. The van der Waals surface area contributed by atoms with E-state index in [0.29, 0.717) is 6.42 Å². The predicted molar refractivity (Wildman–Crippen MR) is 102 cm³/mol. The Bertz CT molecular complexity index is 805. The summed E-state index contributed by atoms with van der Waals surface area (Å²) in [4.78, 5) is 0. The van der Waals surface area contributed by atoms with Crippen LogP contribution in [0.25, 0.3) is 5.69 Å². The van der Waals surface area contributed by atoms with Crippen molar-refractivity contribution in [2.75, 3.05) is 0 Å². The van der Waals surface area contributed by atoms with Gasteiger partial charge in [-0.1, -0.05) is 46.9 Å². The van der Waals surface area contributed by atoms with E-state index in [2.05, 4.69) is 57.4 Å². The fourth-order valence-corrected chi connectivity index (χ4v) is 3.96. The molecular formula is C22H30N3O. The summed E-state index contributed by atoms with van der Waals surface area (Å²) >= 11 is 0. The standard InChI is InChI=1S/C22H30N3O/c1-15(2)9-6-7-10-19(26)22-24-12-8-11-20(24)23-25(22)21-17(4)13-16(3)14-18(21)5/h9,13-14H,6-8,10-12H2,1-5H3. The lowest BCUT2D eigenvalue weighted by atomic mass is 10.0. The Hall–Kier alpha value is -1.94. The van der Waals surface area contributed by atoms with Gasteiger partial charge in [-0.25, -0.2) is 4.57 Å². The fraction of sp³-hybridized carbons (Fsp3) is 0.500. The molecule has 0 amide bonds. The second kappa shape index (κ2) is 7.75. The number of nitrogens with zero attached hydrogens (tertiary/aromatic N) is 3. The highest BCUT2D eigenvalue weighted by Crippen LogP contribution is 2.25. The molecule has 0 saturated heterocycles. The summed E-state index contributed by atoms with van der Waals surface area (Å²) in [5.74, 6) is 1.79. The van der Waals surface area contributed by atoms with Crippen molar-refractivity contribution in [2.24, 2.45) is 0 Å². The van der Waals surface area contributed by atoms with Crippen LogP contribution in [0.5, 0.6) is 0 Å². The molecule has 0 unspecified atom stereocenters. The van der Waals surface area contributed by atoms with Crippen molar-refractivity contribution in [1.82, 2.24) is 9.78 Å². The molecule has 1 radical (unpaired) electrons. The SMILES string of the molecule is CC(C)=CCCC[C]([O-])c1n(-c2c(C)cc(C)cc2C)nc2[n+]1CCC2. The van der Waals surface area contributed by atoms with Crippen molar-refractivity contribution in [1.29, 1.82) is 0 Å². The van der Waals surface area contributed by atoms with Gasteiger partial charge in [0.15, 0.2) is 0 Å². The number of rotatable bonds is 6. The molecule has 2 aromatic rings. The van der Waals surface area contributed by atoms with Crippen LogP contribution in [0.1, 0.15) is 67.9 Å². The highest BCUT2D eigenvalue weighted by Gasteiger charge is 2.32. The van der Waals surface area contributed by atoms with Gasteiger partial charge in [-0.05, 0) is 64.7 Å². The number of unbranched alkanes of at least 4 members (excludes halogenated alkanes) is 1. The van der Waals surface area contributed by atoms with Crippen molar-refractivity contribution in [3.8, 4) is 5.69 Å². The minimum Gasteiger partial charge on any atom is -0.842 e. The number of allylic oxidation sites excluding steroid dienone is 2. The summed E-state index contributed by atoms with van der Waals surface area (Å²) in [6.07, 6.45) is 6.85. The summed E-state index contributed by atoms with van der Waals surface area (Å²) in [6.45, 7) is 11.4. The molecule has 139 valence electrons. The van der Waals surface area contributed by atoms with Gasteiger partial charge < -0.3 is 5.11 Å². The lowest BCUT2D eigenvalue weighted by Gasteiger charge is -2.20. The first-order chi connectivity index (χ1) is 12.4. The Kier molecular flexibility index (Phi) is 5.61. The lowest BCUT2D eigenvalue weighted by Crippen LogP contribution is -2.41. The van der Waals surface area contributed by atoms with Crippen LogP contribution >= 0.6 is 0 Å². The lowest BCUT2D eigenvalue weighted by molar-refractivity contribution is -0.703. The quantitative estimate of drug-likeness (QED) is 0.454. The van der Waals surface area contributed by atoms with E-state index in [1.54, 1.807) is 0 Å². The summed E-state index contributed by atoms with van der Waals surface area (Å²) in [7, 11) is 0. The first-order valence-electron chi connectivity index (χ1n) is 9.65. The first kappa shape index (κ1) is 18.8. The van der Waals surface area contributed by atoms with Gasteiger partial charge in [0.05, 0.1) is 6.54 Å². The first-order valence-corrected chi connectivity index (χ1v) is 9.65. The monoisotopic (exact) mass is 352 g/mol. The van der Waals surface area contributed by atoms with Gasteiger partial charge in [0.25, 0.3) is 5.82 Å². The highest BCUT2D eigenvalue weighted by molar-refractivity contribution is 5.49. The van der Waals surface area contributed by atoms with Crippen LogP contribution in [0.15, 0.2) is 23.8 Å². The van der Waals surface area contributed by atoms with Gasteiger partial charge in [-0.2, -0.15) is 0 Å². The third kappa shape index (κ3) is 3.75. The molecule has 0 bridgehead atoms. The van der Waals surface area contributed by atoms with E-state index in [1.807, 2.05) is 4.68 Å². The zero-order valence-corrected chi connectivity index (χ0v) is 16.7. The van der Waals surface area contributed by atoms with Crippen LogP contribution in [0, 0.1) is 26.9 Å². The van der Waals surface area contributed by atoms with Crippen LogP contribution in [0.4, 0.5) is 0 Å². The molecule has 0 saturated carbocycles. The van der Waals surface area contributed by atoms with Crippen LogP contribution in [0.3, 0.4) is 0 Å². The average Bonchev–Trinajstić information content (AvgIpc) is 3.11. The molecule has 3 rings (SSSR count). The van der Waals surface area contributed by atoms with E-state index < -0.39 is 0 Å². The van der Waals surface area contributed by atoms with Crippen molar-refractivity contribution >= 4 is 0 Å². The smallest absolute Gasteiger partial charge is 0.278 e. The Morgan fingerprint density at radius 1 is 1.23 bits per heavy atom. The summed E-state index contributed by atoms with van der Waals surface area (Å²) in [5.41, 5.74) is 5.95. The Labute approximate surface area is 157 Å². The van der Waals surface area contributed by atoms with E-state index >= 15 is 0 Å². The Morgan fingerprint density at radius 2 is 1.92 bits per heavy atom. The molecule has 0 N–H and O–H groups in total. The van der Waals surface area contributed by atoms with Gasteiger partial charge >= 0.3 is 0 Å². The van der Waals surface area contributed by atoms with Gasteiger partial charge in [-0.15, -0.1) is 0 Å². The summed E-state index contributed by atoms with van der Waals surface area (Å²) < 4.78 is 4.06. The van der Waals surface area contributed by atoms with E-state index in [4.69, 9.17) is 5.10 Å².